The summed E-state index contributed by atoms with van der Waals surface area (Å²) in [5.41, 5.74) is 6.80. The van der Waals surface area contributed by atoms with Gasteiger partial charge in [0.15, 0.2) is 0 Å². The Kier molecular flexibility index (Phi) is 2.85. The minimum absolute atomic E-state index is 0.0763. The topological polar surface area (TPSA) is 91.0 Å². The van der Waals surface area contributed by atoms with Crippen LogP contribution >= 0.6 is 0 Å². The molecule has 0 aliphatic rings. The molecule has 0 bridgehead atoms. The predicted molar refractivity (Wildman–Crippen MR) is 53.7 cm³/mol. The number of nitrogens with one attached hydrogen (secondary N) is 2. The smallest absolute Gasteiger partial charge is 0.328 e. The second-order valence-corrected chi connectivity index (χ2v) is 2.87. The monoisotopic (exact) mass is 195 g/mol. The van der Waals surface area contributed by atoms with E-state index in [1.54, 1.807) is 6.92 Å². The van der Waals surface area contributed by atoms with Gasteiger partial charge in [0.1, 0.15) is 0 Å². The van der Waals surface area contributed by atoms with Crippen LogP contribution in [0.4, 0.5) is 0 Å². The zero-order valence-electron chi connectivity index (χ0n) is 8.00. The van der Waals surface area contributed by atoms with Crippen LogP contribution in [0.3, 0.4) is 0 Å². The van der Waals surface area contributed by atoms with E-state index >= 15 is 0 Å². The van der Waals surface area contributed by atoms with Crippen LogP contribution < -0.4 is 11.2 Å². The van der Waals surface area contributed by atoms with E-state index in [-0.39, 0.29) is 12.4 Å². The lowest BCUT2D eigenvalue weighted by molar-refractivity contribution is 0.750. The molecule has 0 aromatic carbocycles. The summed E-state index contributed by atoms with van der Waals surface area (Å²) >= 11 is 0. The molecular formula is C8H11N4O2-. The van der Waals surface area contributed by atoms with Crippen molar-refractivity contribution in [3.63, 3.8) is 0 Å². The van der Waals surface area contributed by atoms with Crippen LogP contribution in [0.15, 0.2) is 20.8 Å². The maximum absolute atomic E-state index is 11.2. The lowest BCUT2D eigenvalue weighted by Gasteiger charge is -2.09. The maximum Gasteiger partial charge on any atom is 0.328 e. The lowest BCUT2D eigenvalue weighted by Crippen LogP contribution is -2.32. The number of amidine groups is 1. The maximum atomic E-state index is 11.2. The first kappa shape index (κ1) is 10.2. The van der Waals surface area contributed by atoms with E-state index in [0.717, 1.165) is 0 Å². The van der Waals surface area contributed by atoms with Crippen LogP contribution in [0.5, 0.6) is 0 Å². The quantitative estimate of drug-likeness (QED) is 0.528. The van der Waals surface area contributed by atoms with E-state index in [0.29, 0.717) is 5.56 Å². The highest BCUT2D eigenvalue weighted by Crippen LogP contribution is 1.87. The average molecular weight is 195 g/mol. The highest BCUT2D eigenvalue weighted by molar-refractivity contribution is 5.89. The number of hydrogen-bond donors (Lipinski definition) is 1. The minimum Gasteiger partial charge on any atom is -0.484 e. The first-order chi connectivity index (χ1) is 6.54. The number of nitrogens with zero attached hydrogens (tertiary/aromatic N) is 2. The molecule has 1 rings (SSSR count). The molecule has 0 amide bonds. The van der Waals surface area contributed by atoms with Gasteiger partial charge in [-0.25, -0.2) is 4.79 Å². The van der Waals surface area contributed by atoms with E-state index in [1.165, 1.54) is 17.8 Å². The summed E-state index contributed by atoms with van der Waals surface area (Å²) in [5, 5.41) is 0. The van der Waals surface area contributed by atoms with Crippen molar-refractivity contribution in [1.82, 2.24) is 9.55 Å². The summed E-state index contributed by atoms with van der Waals surface area (Å²) in [6, 6.07) is 0. The zero-order chi connectivity index (χ0) is 10.7. The molecule has 1 aromatic rings. The van der Waals surface area contributed by atoms with Crippen molar-refractivity contribution in [2.45, 2.75) is 13.5 Å². The highest BCUT2D eigenvalue weighted by atomic mass is 16.2. The summed E-state index contributed by atoms with van der Waals surface area (Å²) in [6.07, 6.45) is 1.42. The van der Waals surface area contributed by atoms with Crippen molar-refractivity contribution in [2.24, 2.45) is 4.99 Å². The van der Waals surface area contributed by atoms with Gasteiger partial charge in [-0.15, -0.1) is 0 Å². The SMILES string of the molecule is CN=C([NH-])Cn1cc(C)c(=O)[nH]c1=O. The van der Waals surface area contributed by atoms with Gasteiger partial charge in [-0.2, -0.15) is 0 Å². The van der Waals surface area contributed by atoms with Gasteiger partial charge in [-0.3, -0.25) is 14.3 Å². The van der Waals surface area contributed by atoms with Crippen molar-refractivity contribution < 1.29 is 0 Å². The van der Waals surface area contributed by atoms with Gasteiger partial charge in [0, 0.05) is 18.3 Å². The Labute approximate surface area is 80.1 Å². The predicted octanol–water partition coefficient (Wildman–Crippen LogP) is -0.0745. The number of aromatic amines is 1. The largest absolute Gasteiger partial charge is 0.484 e. The summed E-state index contributed by atoms with van der Waals surface area (Å²) in [4.78, 5) is 28.0. The molecular weight excluding hydrogens is 184 g/mol. The van der Waals surface area contributed by atoms with Gasteiger partial charge < -0.3 is 10.7 Å². The summed E-state index contributed by atoms with van der Waals surface area (Å²) in [7, 11) is 1.48. The standard InChI is InChI=1S/C8H12N4O2/c1-5-3-12(4-6(9)10-2)8(14)11-7(5)13/h3H,4H2,1-2H3,(H3,9,10,11,13,14)/p-1. The van der Waals surface area contributed by atoms with E-state index in [2.05, 4.69) is 9.98 Å². The van der Waals surface area contributed by atoms with Crippen molar-refractivity contribution in [2.75, 3.05) is 7.05 Å². The third kappa shape index (κ3) is 2.09. The van der Waals surface area contributed by atoms with Crippen LogP contribution in [0.2, 0.25) is 0 Å². The van der Waals surface area contributed by atoms with Gasteiger partial charge >= 0.3 is 5.69 Å². The Morgan fingerprint density at radius 3 is 2.86 bits per heavy atom. The highest BCUT2D eigenvalue weighted by Gasteiger charge is 1.98. The number of rotatable bonds is 2. The molecule has 6 heteroatoms. The molecule has 2 N–H and O–H groups in total. The molecule has 0 atom stereocenters. The van der Waals surface area contributed by atoms with Crippen molar-refractivity contribution in [1.29, 1.82) is 0 Å². The molecule has 0 fully saturated rings. The van der Waals surface area contributed by atoms with E-state index < -0.39 is 11.2 Å². The Hall–Kier alpha value is -1.85. The number of hydrogen-bond acceptors (Lipinski definition) is 3. The Morgan fingerprint density at radius 1 is 1.64 bits per heavy atom. The number of H-pyrrole nitrogens is 1. The first-order valence-electron chi connectivity index (χ1n) is 4.02. The van der Waals surface area contributed by atoms with Gasteiger partial charge in [0.05, 0.1) is 0 Å². The average Bonchev–Trinajstić information content (AvgIpc) is 2.14. The summed E-state index contributed by atoms with van der Waals surface area (Å²) in [5.74, 6) is 0.0820. The second-order valence-electron chi connectivity index (χ2n) is 2.87. The van der Waals surface area contributed by atoms with E-state index in [4.69, 9.17) is 5.73 Å². The normalized spacial score (nSPS) is 11.7. The van der Waals surface area contributed by atoms with Crippen LogP contribution in [-0.4, -0.2) is 22.4 Å². The number of aromatic nitrogens is 2. The fraction of sp³-hybridized carbons (Fsp3) is 0.375. The van der Waals surface area contributed by atoms with Gasteiger partial charge in [-0.1, -0.05) is 12.9 Å². The Bertz CT molecular complexity index is 469. The molecule has 0 spiro atoms. The molecule has 0 radical (unpaired) electrons. The van der Waals surface area contributed by atoms with E-state index in [9.17, 15) is 9.59 Å². The zero-order valence-corrected chi connectivity index (χ0v) is 8.00. The van der Waals surface area contributed by atoms with Crippen molar-refractivity contribution >= 4 is 5.84 Å². The molecule has 1 heterocycles. The van der Waals surface area contributed by atoms with Crippen LogP contribution in [-0.2, 0) is 6.54 Å². The molecule has 0 saturated carbocycles. The fourth-order valence-electron chi connectivity index (χ4n) is 0.968. The van der Waals surface area contributed by atoms with Crippen molar-refractivity contribution in [3.05, 3.63) is 38.3 Å². The molecule has 0 aliphatic heterocycles. The molecule has 0 saturated heterocycles. The van der Waals surface area contributed by atoms with Gasteiger partial charge in [0.25, 0.3) is 5.56 Å². The molecule has 76 valence electrons. The third-order valence-corrected chi connectivity index (χ3v) is 1.78. The third-order valence-electron chi connectivity index (χ3n) is 1.78. The molecule has 0 aliphatic carbocycles. The molecule has 0 unspecified atom stereocenters. The number of aryl methyl sites for hydroxylation is 1. The minimum atomic E-state index is -0.519. The molecule has 14 heavy (non-hydrogen) atoms. The van der Waals surface area contributed by atoms with Crippen LogP contribution in [0, 0.1) is 6.92 Å². The number of aliphatic imine (C=N–C) groups is 1. The molecule has 1 aromatic heterocycles. The van der Waals surface area contributed by atoms with E-state index in [1.807, 2.05) is 0 Å². The summed E-state index contributed by atoms with van der Waals surface area (Å²) in [6.45, 7) is 1.68. The molecule has 6 nitrogen and oxygen atoms in total. The first-order valence-corrected chi connectivity index (χ1v) is 4.02. The second kappa shape index (κ2) is 3.91. The van der Waals surface area contributed by atoms with Crippen LogP contribution in [0.1, 0.15) is 5.56 Å². The summed E-state index contributed by atoms with van der Waals surface area (Å²) < 4.78 is 1.24. The van der Waals surface area contributed by atoms with Gasteiger partial charge in [-0.05, 0) is 6.92 Å². The lowest BCUT2D eigenvalue weighted by atomic mass is 10.4. The Balaban J connectivity index is 3.17. The van der Waals surface area contributed by atoms with Crippen molar-refractivity contribution in [3.8, 4) is 0 Å². The fourth-order valence-corrected chi connectivity index (χ4v) is 0.968. The Morgan fingerprint density at radius 2 is 2.29 bits per heavy atom. The van der Waals surface area contributed by atoms with Gasteiger partial charge in [0.2, 0.25) is 0 Å². The van der Waals surface area contributed by atoms with Crippen LogP contribution in [0.25, 0.3) is 5.73 Å².